The molecule has 5 N–H and O–H groups in total. The molecule has 1 amide bonds. The number of aromatic amines is 1. The van der Waals surface area contributed by atoms with E-state index < -0.39 is 12.0 Å². The van der Waals surface area contributed by atoms with Gasteiger partial charge in [0.25, 0.3) is 0 Å². The van der Waals surface area contributed by atoms with Crippen molar-refractivity contribution in [3.63, 3.8) is 0 Å². The van der Waals surface area contributed by atoms with Gasteiger partial charge in [-0.15, -0.1) is 0 Å². The maximum Gasteiger partial charge on any atom is 0.248 e. The number of nitrogens with two attached hydrogens (primary N) is 1. The summed E-state index contributed by atoms with van der Waals surface area (Å²) in [6.45, 7) is -0.101. The van der Waals surface area contributed by atoms with E-state index in [1.807, 2.05) is 0 Å². The molecule has 0 aliphatic heterocycles. The second-order valence-corrected chi connectivity index (χ2v) is 3.26. The van der Waals surface area contributed by atoms with Gasteiger partial charge in [0.2, 0.25) is 5.91 Å². The summed E-state index contributed by atoms with van der Waals surface area (Å²) in [7, 11) is 0. The maximum atomic E-state index is 10.7. The van der Waals surface area contributed by atoms with E-state index in [9.17, 15) is 9.90 Å². The van der Waals surface area contributed by atoms with Crippen molar-refractivity contribution in [1.82, 2.24) is 19.5 Å². The molecule has 0 spiro atoms. The predicted octanol–water partition coefficient (Wildman–Crippen LogP) is -1.91. The minimum atomic E-state index is -1.34. The molecule has 2 heterocycles. The Morgan fingerprint density at radius 1 is 1.69 bits per heavy atom. The first kappa shape index (κ1) is 10.3. The van der Waals surface area contributed by atoms with Crippen LogP contribution in [-0.4, -0.2) is 36.6 Å². The zero-order valence-corrected chi connectivity index (χ0v) is 8.21. The molecule has 0 radical (unpaired) electrons. The van der Waals surface area contributed by atoms with Crippen molar-refractivity contribution in [1.29, 1.82) is 5.41 Å². The fourth-order valence-electron chi connectivity index (χ4n) is 1.30. The summed E-state index contributed by atoms with van der Waals surface area (Å²) < 4.78 is 1.32. The van der Waals surface area contributed by atoms with Crippen molar-refractivity contribution in [3.05, 3.63) is 18.1 Å². The van der Waals surface area contributed by atoms with Crippen LogP contribution in [0.1, 0.15) is 0 Å². The number of amides is 1. The summed E-state index contributed by atoms with van der Waals surface area (Å²) in [6.07, 6.45) is 1.42. The van der Waals surface area contributed by atoms with Crippen LogP contribution in [-0.2, 0) is 11.3 Å². The van der Waals surface area contributed by atoms with Gasteiger partial charge in [0.05, 0.1) is 19.2 Å². The number of nitrogens with one attached hydrogen (secondary N) is 2. The first-order valence-corrected chi connectivity index (χ1v) is 4.50. The van der Waals surface area contributed by atoms with Gasteiger partial charge in [-0.25, -0.2) is 9.97 Å². The summed E-state index contributed by atoms with van der Waals surface area (Å²) in [5.41, 5.74) is 5.86. The standard InChI is InChI=1S/C8H10N6O2/c9-6-5-8(12-2-11-5)13-3-14(6)1-4(15)7(10)16/h2-4,9,15H,1H2,(H2,10,16)(H,11,12). The summed E-state index contributed by atoms with van der Waals surface area (Å²) in [5.74, 6) is -0.836. The molecule has 0 saturated heterocycles. The minimum Gasteiger partial charge on any atom is -0.381 e. The number of rotatable bonds is 3. The highest BCUT2D eigenvalue weighted by Crippen LogP contribution is 1.98. The Kier molecular flexibility index (Phi) is 2.41. The van der Waals surface area contributed by atoms with Crippen molar-refractivity contribution in [2.75, 3.05) is 0 Å². The van der Waals surface area contributed by atoms with Crippen LogP contribution in [0.25, 0.3) is 11.2 Å². The Morgan fingerprint density at radius 2 is 2.44 bits per heavy atom. The van der Waals surface area contributed by atoms with Gasteiger partial charge in [-0.3, -0.25) is 10.2 Å². The highest BCUT2D eigenvalue weighted by atomic mass is 16.3. The zero-order valence-electron chi connectivity index (χ0n) is 8.21. The van der Waals surface area contributed by atoms with Crippen LogP contribution in [0.3, 0.4) is 0 Å². The van der Waals surface area contributed by atoms with Gasteiger partial charge in [-0.1, -0.05) is 0 Å². The van der Waals surface area contributed by atoms with Gasteiger partial charge in [0, 0.05) is 0 Å². The van der Waals surface area contributed by atoms with E-state index in [1.165, 1.54) is 17.2 Å². The third kappa shape index (κ3) is 1.65. The SMILES string of the molecule is N=c1c2[nH]cnc2ncn1CC(O)C(N)=O. The number of carbonyl (C=O) groups excluding carboxylic acids is 1. The number of aliphatic hydroxyl groups excluding tert-OH is 1. The maximum absolute atomic E-state index is 10.7. The average Bonchev–Trinajstić information content (AvgIpc) is 2.70. The third-order valence-electron chi connectivity index (χ3n) is 2.16. The number of H-pyrrole nitrogens is 1. The van der Waals surface area contributed by atoms with Gasteiger partial charge >= 0.3 is 0 Å². The summed E-state index contributed by atoms with van der Waals surface area (Å²) >= 11 is 0. The van der Waals surface area contributed by atoms with E-state index in [-0.39, 0.29) is 12.0 Å². The second-order valence-electron chi connectivity index (χ2n) is 3.26. The molecule has 1 atom stereocenters. The molecule has 0 fully saturated rings. The lowest BCUT2D eigenvalue weighted by molar-refractivity contribution is -0.126. The van der Waals surface area contributed by atoms with Crippen molar-refractivity contribution >= 4 is 17.1 Å². The third-order valence-corrected chi connectivity index (χ3v) is 2.16. The molecule has 0 saturated carbocycles. The molecule has 0 aliphatic carbocycles. The molecule has 16 heavy (non-hydrogen) atoms. The quantitative estimate of drug-likeness (QED) is 0.481. The Morgan fingerprint density at radius 3 is 3.12 bits per heavy atom. The first-order valence-electron chi connectivity index (χ1n) is 4.50. The van der Waals surface area contributed by atoms with Crippen LogP contribution in [0.5, 0.6) is 0 Å². The topological polar surface area (TPSA) is 134 Å². The minimum absolute atomic E-state index is 0.0859. The summed E-state index contributed by atoms with van der Waals surface area (Å²) in [6, 6.07) is 0. The van der Waals surface area contributed by atoms with Gasteiger partial charge in [0.1, 0.15) is 11.6 Å². The van der Waals surface area contributed by atoms with Gasteiger partial charge in [-0.05, 0) is 0 Å². The number of aliphatic hydroxyl groups is 1. The molecule has 2 rings (SSSR count). The number of hydrogen-bond donors (Lipinski definition) is 4. The number of primary amides is 1. The zero-order chi connectivity index (χ0) is 11.7. The number of carbonyl (C=O) groups is 1. The summed E-state index contributed by atoms with van der Waals surface area (Å²) in [4.78, 5) is 21.3. The van der Waals surface area contributed by atoms with E-state index in [0.717, 1.165) is 0 Å². The molecule has 0 bridgehead atoms. The largest absolute Gasteiger partial charge is 0.381 e. The first-order chi connectivity index (χ1) is 7.59. The van der Waals surface area contributed by atoms with Gasteiger partial charge < -0.3 is 20.4 Å². The molecule has 84 valence electrons. The van der Waals surface area contributed by atoms with Crippen LogP contribution >= 0.6 is 0 Å². The molecular weight excluding hydrogens is 212 g/mol. The van der Waals surface area contributed by atoms with Crippen LogP contribution in [0.2, 0.25) is 0 Å². The van der Waals surface area contributed by atoms with Gasteiger partial charge in [0.15, 0.2) is 11.1 Å². The number of aromatic nitrogens is 4. The van der Waals surface area contributed by atoms with Crippen molar-refractivity contribution in [3.8, 4) is 0 Å². The molecular formula is C8H10N6O2. The molecule has 2 aromatic heterocycles. The lowest BCUT2D eigenvalue weighted by atomic mass is 10.3. The van der Waals surface area contributed by atoms with Crippen molar-refractivity contribution in [2.45, 2.75) is 12.6 Å². The van der Waals surface area contributed by atoms with Crippen molar-refractivity contribution < 1.29 is 9.90 Å². The smallest absolute Gasteiger partial charge is 0.248 e. The van der Waals surface area contributed by atoms with Crippen LogP contribution in [0.15, 0.2) is 12.7 Å². The predicted molar refractivity (Wildman–Crippen MR) is 52.9 cm³/mol. The number of imidazole rings is 1. The van der Waals surface area contributed by atoms with Crippen LogP contribution in [0.4, 0.5) is 0 Å². The number of fused-ring (bicyclic) bond motifs is 1. The Labute approximate surface area is 89.3 Å². The second kappa shape index (κ2) is 3.74. The normalized spacial score (nSPS) is 12.8. The van der Waals surface area contributed by atoms with E-state index in [0.29, 0.717) is 11.2 Å². The van der Waals surface area contributed by atoms with Gasteiger partial charge in [-0.2, -0.15) is 0 Å². The highest BCUT2D eigenvalue weighted by Gasteiger charge is 2.12. The molecule has 2 aromatic rings. The molecule has 1 unspecified atom stereocenters. The van der Waals surface area contributed by atoms with E-state index >= 15 is 0 Å². The lowest BCUT2D eigenvalue weighted by Gasteiger charge is -2.09. The number of hydrogen-bond acceptors (Lipinski definition) is 5. The molecule has 0 aliphatic rings. The summed E-state index contributed by atoms with van der Waals surface area (Å²) in [5, 5.41) is 17.1. The molecule has 8 nitrogen and oxygen atoms in total. The highest BCUT2D eigenvalue weighted by molar-refractivity contribution is 5.78. The lowest BCUT2D eigenvalue weighted by Crippen LogP contribution is -2.35. The van der Waals surface area contributed by atoms with E-state index in [1.54, 1.807) is 0 Å². The van der Waals surface area contributed by atoms with E-state index in [2.05, 4.69) is 15.0 Å². The fourth-order valence-corrected chi connectivity index (χ4v) is 1.30. The van der Waals surface area contributed by atoms with Crippen molar-refractivity contribution in [2.24, 2.45) is 5.73 Å². The Balaban J connectivity index is 2.42. The average molecular weight is 222 g/mol. The van der Waals surface area contributed by atoms with Crippen LogP contribution in [0, 0.1) is 5.41 Å². The monoisotopic (exact) mass is 222 g/mol. The number of nitrogens with zero attached hydrogens (tertiary/aromatic N) is 3. The Bertz CT molecular complexity index is 585. The molecule has 8 heteroatoms. The van der Waals surface area contributed by atoms with Crippen LogP contribution < -0.4 is 11.2 Å². The fraction of sp³-hybridized carbons (Fsp3) is 0.250. The van der Waals surface area contributed by atoms with E-state index in [4.69, 9.17) is 11.1 Å². The molecule has 0 aromatic carbocycles. The Hall–Kier alpha value is -2.22.